The Kier molecular flexibility index (Phi) is 3.77. The van der Waals surface area contributed by atoms with Gasteiger partial charge in [-0.25, -0.2) is 0 Å². The van der Waals surface area contributed by atoms with E-state index in [2.05, 4.69) is 18.3 Å². The highest BCUT2D eigenvalue weighted by Gasteiger charge is 2.10. The maximum atomic E-state index is 6.25. The van der Waals surface area contributed by atoms with E-state index in [0.29, 0.717) is 0 Å². The molecule has 0 bridgehead atoms. The van der Waals surface area contributed by atoms with Crippen LogP contribution in [-0.4, -0.2) is 6.54 Å². The van der Waals surface area contributed by atoms with Crippen LogP contribution in [0, 0.1) is 0 Å². The molecule has 0 unspecified atom stereocenters. The zero-order chi connectivity index (χ0) is 13.9. The minimum Gasteiger partial charge on any atom is -0.460 e. The first kappa shape index (κ1) is 13.2. The van der Waals surface area contributed by atoms with Gasteiger partial charge >= 0.3 is 0 Å². The fraction of sp³-hybridized carbons (Fsp3) is 0.176. The summed E-state index contributed by atoms with van der Waals surface area (Å²) in [6, 6.07) is 16.1. The number of furan rings is 1. The van der Waals surface area contributed by atoms with Crippen LogP contribution in [0.5, 0.6) is 0 Å². The Morgan fingerprint density at radius 2 is 1.80 bits per heavy atom. The van der Waals surface area contributed by atoms with Crippen molar-refractivity contribution in [3.05, 3.63) is 59.3 Å². The van der Waals surface area contributed by atoms with E-state index >= 15 is 0 Å². The van der Waals surface area contributed by atoms with Crippen molar-refractivity contribution in [1.82, 2.24) is 5.32 Å². The van der Waals surface area contributed by atoms with Crippen LogP contribution >= 0.6 is 11.6 Å². The third-order valence-corrected chi connectivity index (χ3v) is 3.68. The second-order valence-corrected chi connectivity index (χ2v) is 5.09. The van der Waals surface area contributed by atoms with Crippen LogP contribution in [0.15, 0.2) is 52.9 Å². The predicted octanol–water partition coefficient (Wildman–Crippen LogP) is 4.86. The SMILES string of the molecule is CCNCc1ccc(-c2ccc(Cl)c3ccccc23)o1. The van der Waals surface area contributed by atoms with E-state index in [1.807, 2.05) is 42.5 Å². The molecule has 0 saturated carbocycles. The Hall–Kier alpha value is -1.77. The number of nitrogens with one attached hydrogen (secondary N) is 1. The Morgan fingerprint density at radius 3 is 2.60 bits per heavy atom. The van der Waals surface area contributed by atoms with Gasteiger partial charge in [0.05, 0.1) is 6.54 Å². The highest BCUT2D eigenvalue weighted by atomic mass is 35.5. The molecule has 3 rings (SSSR count). The number of benzene rings is 2. The summed E-state index contributed by atoms with van der Waals surface area (Å²) in [6.07, 6.45) is 0. The number of halogens is 1. The summed E-state index contributed by atoms with van der Waals surface area (Å²) in [6.45, 7) is 3.76. The molecule has 0 aliphatic carbocycles. The van der Waals surface area contributed by atoms with Crippen molar-refractivity contribution >= 4 is 22.4 Å². The van der Waals surface area contributed by atoms with Crippen molar-refractivity contribution in [3.8, 4) is 11.3 Å². The molecule has 0 radical (unpaired) electrons. The van der Waals surface area contributed by atoms with Crippen LogP contribution in [0.2, 0.25) is 5.02 Å². The Morgan fingerprint density at radius 1 is 1.00 bits per heavy atom. The van der Waals surface area contributed by atoms with Crippen molar-refractivity contribution in [1.29, 1.82) is 0 Å². The lowest BCUT2D eigenvalue weighted by Gasteiger charge is -2.06. The number of rotatable bonds is 4. The molecule has 0 saturated heterocycles. The third kappa shape index (κ3) is 2.45. The van der Waals surface area contributed by atoms with Gasteiger partial charge in [-0.05, 0) is 36.2 Å². The number of hydrogen-bond acceptors (Lipinski definition) is 2. The van der Waals surface area contributed by atoms with Gasteiger partial charge in [-0.1, -0.05) is 42.8 Å². The summed E-state index contributed by atoms with van der Waals surface area (Å²) in [4.78, 5) is 0. The average molecular weight is 286 g/mol. The first-order valence-corrected chi connectivity index (χ1v) is 7.14. The van der Waals surface area contributed by atoms with Gasteiger partial charge in [-0.2, -0.15) is 0 Å². The van der Waals surface area contributed by atoms with E-state index in [1.54, 1.807) is 0 Å². The smallest absolute Gasteiger partial charge is 0.134 e. The third-order valence-electron chi connectivity index (χ3n) is 3.35. The fourth-order valence-corrected chi connectivity index (χ4v) is 2.57. The topological polar surface area (TPSA) is 25.2 Å². The summed E-state index contributed by atoms with van der Waals surface area (Å²) < 4.78 is 5.91. The first-order chi connectivity index (χ1) is 9.79. The van der Waals surface area contributed by atoms with Crippen LogP contribution in [-0.2, 0) is 6.54 Å². The summed E-state index contributed by atoms with van der Waals surface area (Å²) >= 11 is 6.25. The second-order valence-electron chi connectivity index (χ2n) is 4.69. The van der Waals surface area contributed by atoms with Gasteiger partial charge in [0, 0.05) is 16.0 Å². The van der Waals surface area contributed by atoms with Gasteiger partial charge in [0.25, 0.3) is 0 Å². The molecule has 0 aliphatic rings. The molecule has 102 valence electrons. The van der Waals surface area contributed by atoms with Crippen LogP contribution in [0.4, 0.5) is 0 Å². The van der Waals surface area contributed by atoms with Gasteiger partial charge in [0.1, 0.15) is 11.5 Å². The molecular formula is C17H16ClNO. The molecule has 2 nitrogen and oxygen atoms in total. The lowest BCUT2D eigenvalue weighted by atomic mass is 10.0. The van der Waals surface area contributed by atoms with Crippen LogP contribution in [0.25, 0.3) is 22.1 Å². The maximum absolute atomic E-state index is 6.25. The Labute approximate surface area is 123 Å². The number of hydrogen-bond donors (Lipinski definition) is 1. The standard InChI is InChI=1S/C17H16ClNO/c1-2-19-11-12-7-10-17(20-12)15-8-9-16(18)14-6-4-3-5-13(14)15/h3-10,19H,2,11H2,1H3. The van der Waals surface area contributed by atoms with Crippen molar-refractivity contribution in [2.75, 3.05) is 6.54 Å². The van der Waals surface area contributed by atoms with Crippen molar-refractivity contribution in [2.24, 2.45) is 0 Å². The Bertz CT molecular complexity index is 733. The quantitative estimate of drug-likeness (QED) is 0.740. The van der Waals surface area contributed by atoms with E-state index in [0.717, 1.165) is 46.0 Å². The van der Waals surface area contributed by atoms with Crippen molar-refractivity contribution < 1.29 is 4.42 Å². The van der Waals surface area contributed by atoms with Crippen LogP contribution in [0.1, 0.15) is 12.7 Å². The minimum absolute atomic E-state index is 0.752. The van der Waals surface area contributed by atoms with Gasteiger partial charge < -0.3 is 9.73 Å². The molecule has 1 N–H and O–H groups in total. The summed E-state index contributed by atoms with van der Waals surface area (Å²) in [5, 5.41) is 6.20. The average Bonchev–Trinajstić information content (AvgIpc) is 2.94. The van der Waals surface area contributed by atoms with E-state index < -0.39 is 0 Å². The van der Waals surface area contributed by atoms with Gasteiger partial charge in [-0.15, -0.1) is 0 Å². The fourth-order valence-electron chi connectivity index (χ4n) is 2.34. The predicted molar refractivity (Wildman–Crippen MR) is 84.0 cm³/mol. The normalized spacial score (nSPS) is 11.1. The highest BCUT2D eigenvalue weighted by Crippen LogP contribution is 2.33. The molecule has 0 spiro atoms. The second kappa shape index (κ2) is 5.70. The van der Waals surface area contributed by atoms with Crippen LogP contribution < -0.4 is 5.32 Å². The first-order valence-electron chi connectivity index (χ1n) is 6.76. The summed E-state index contributed by atoms with van der Waals surface area (Å²) in [5.74, 6) is 1.83. The summed E-state index contributed by atoms with van der Waals surface area (Å²) in [7, 11) is 0. The monoisotopic (exact) mass is 285 g/mol. The van der Waals surface area contributed by atoms with Gasteiger partial charge in [0.2, 0.25) is 0 Å². The lowest BCUT2D eigenvalue weighted by Crippen LogP contribution is -2.10. The highest BCUT2D eigenvalue weighted by molar-refractivity contribution is 6.36. The molecule has 0 fully saturated rings. The molecule has 0 atom stereocenters. The van der Waals surface area contributed by atoms with E-state index in [4.69, 9.17) is 16.0 Å². The lowest BCUT2D eigenvalue weighted by molar-refractivity contribution is 0.499. The molecule has 1 heterocycles. The number of fused-ring (bicyclic) bond motifs is 1. The molecule has 3 aromatic rings. The van der Waals surface area contributed by atoms with E-state index in [1.165, 1.54) is 0 Å². The molecule has 3 heteroatoms. The molecule has 0 aliphatic heterocycles. The van der Waals surface area contributed by atoms with Gasteiger partial charge in [0.15, 0.2) is 0 Å². The Balaban J connectivity index is 2.06. The molecule has 0 amide bonds. The van der Waals surface area contributed by atoms with Crippen molar-refractivity contribution in [3.63, 3.8) is 0 Å². The largest absolute Gasteiger partial charge is 0.460 e. The van der Waals surface area contributed by atoms with E-state index in [-0.39, 0.29) is 0 Å². The zero-order valence-electron chi connectivity index (χ0n) is 11.3. The van der Waals surface area contributed by atoms with Crippen molar-refractivity contribution in [2.45, 2.75) is 13.5 Å². The molecular weight excluding hydrogens is 270 g/mol. The zero-order valence-corrected chi connectivity index (χ0v) is 12.1. The molecule has 20 heavy (non-hydrogen) atoms. The summed E-state index contributed by atoms with van der Waals surface area (Å²) in [5.41, 5.74) is 1.08. The minimum atomic E-state index is 0.752. The molecule has 1 aromatic heterocycles. The van der Waals surface area contributed by atoms with E-state index in [9.17, 15) is 0 Å². The van der Waals surface area contributed by atoms with Crippen LogP contribution in [0.3, 0.4) is 0 Å². The van der Waals surface area contributed by atoms with Gasteiger partial charge in [-0.3, -0.25) is 0 Å². The molecule has 2 aromatic carbocycles. The maximum Gasteiger partial charge on any atom is 0.134 e.